The third kappa shape index (κ3) is 6.98. The largest absolute Gasteiger partial charge is 0.464 e. The van der Waals surface area contributed by atoms with Crippen molar-refractivity contribution in [2.75, 3.05) is 6.61 Å². The molecule has 1 saturated heterocycles. The van der Waals surface area contributed by atoms with Crippen molar-refractivity contribution in [1.29, 1.82) is 0 Å². The number of carbonyl (C=O) groups excluding carboxylic acids is 2. The number of thiol groups is 1. The number of carbonyl (C=O) groups is 2. The summed E-state index contributed by atoms with van der Waals surface area (Å²) < 4.78 is 8.46. The zero-order chi connectivity index (χ0) is 11.7. The molecule has 1 unspecified atom stereocenters. The van der Waals surface area contributed by atoms with E-state index in [1.54, 1.807) is 0 Å². The summed E-state index contributed by atoms with van der Waals surface area (Å²) in [6, 6.07) is 0. The normalized spacial score (nSPS) is 20.1. The molecule has 1 fully saturated rings. The molecule has 0 amide bonds. The van der Waals surface area contributed by atoms with Crippen molar-refractivity contribution < 1.29 is 23.6 Å². The van der Waals surface area contributed by atoms with Crippen LogP contribution in [0, 0.1) is 0 Å². The zero-order valence-corrected chi connectivity index (χ0v) is 9.11. The molecule has 0 radical (unpaired) electrons. The number of hydrogen-bond donors (Lipinski definition) is 2. The van der Waals surface area contributed by atoms with Crippen LogP contribution >= 0.6 is 12.9 Å². The molecule has 1 rings (SSSR count). The first-order valence-electron chi connectivity index (χ1n) is 4.44. The van der Waals surface area contributed by atoms with Crippen LogP contribution in [0.1, 0.15) is 19.3 Å². The Morgan fingerprint density at radius 2 is 2.33 bits per heavy atom. The minimum Gasteiger partial charge on any atom is -0.464 e. The van der Waals surface area contributed by atoms with Gasteiger partial charge in [0, 0.05) is 19.0 Å². The highest BCUT2D eigenvalue weighted by Gasteiger charge is 2.18. The zero-order valence-electron chi connectivity index (χ0n) is 8.22. The monoisotopic (exact) mass is 234 g/mol. The molecule has 6 heteroatoms. The fourth-order valence-electron chi connectivity index (χ4n) is 0.864. The van der Waals surface area contributed by atoms with Crippen LogP contribution in [0.5, 0.6) is 0 Å². The standard InChI is InChI=1S/C6H10O3.C3H4O2S/c7-5-3-1-2-4-9-6(5)8;1-2-3(4)5-6/h5,7H,1-4H2;2,6H,1H2. The van der Waals surface area contributed by atoms with Crippen LogP contribution in [0.15, 0.2) is 12.7 Å². The van der Waals surface area contributed by atoms with Crippen molar-refractivity contribution in [2.24, 2.45) is 0 Å². The summed E-state index contributed by atoms with van der Waals surface area (Å²) in [5.41, 5.74) is 0. The van der Waals surface area contributed by atoms with Gasteiger partial charge in [0.1, 0.15) is 0 Å². The highest BCUT2D eigenvalue weighted by Crippen LogP contribution is 2.07. The van der Waals surface area contributed by atoms with Gasteiger partial charge in [-0.25, -0.2) is 9.59 Å². The maximum atomic E-state index is 10.5. The molecule has 0 aromatic carbocycles. The van der Waals surface area contributed by atoms with Crippen molar-refractivity contribution in [1.82, 2.24) is 0 Å². The van der Waals surface area contributed by atoms with Crippen molar-refractivity contribution in [3.05, 3.63) is 12.7 Å². The van der Waals surface area contributed by atoms with Crippen LogP contribution in [-0.2, 0) is 18.5 Å². The van der Waals surface area contributed by atoms with Crippen LogP contribution in [0.2, 0.25) is 0 Å². The third-order valence-corrected chi connectivity index (χ3v) is 1.82. The summed E-state index contributed by atoms with van der Waals surface area (Å²) in [5, 5.41) is 8.88. The lowest BCUT2D eigenvalue weighted by Crippen LogP contribution is -2.20. The first-order valence-corrected chi connectivity index (χ1v) is 4.80. The van der Waals surface area contributed by atoms with Crippen molar-refractivity contribution in [3.63, 3.8) is 0 Å². The van der Waals surface area contributed by atoms with Gasteiger partial charge in [-0.3, -0.25) is 0 Å². The molecule has 0 aliphatic carbocycles. The van der Waals surface area contributed by atoms with Gasteiger partial charge in [0.15, 0.2) is 6.10 Å². The lowest BCUT2D eigenvalue weighted by molar-refractivity contribution is -0.152. The summed E-state index contributed by atoms with van der Waals surface area (Å²) in [6.45, 7) is 3.58. The van der Waals surface area contributed by atoms with E-state index in [9.17, 15) is 9.59 Å². The first-order chi connectivity index (χ1) is 7.11. The van der Waals surface area contributed by atoms with Crippen LogP contribution in [0.4, 0.5) is 0 Å². The fraction of sp³-hybridized carbons (Fsp3) is 0.556. The van der Waals surface area contributed by atoms with Gasteiger partial charge in [0.2, 0.25) is 0 Å². The van der Waals surface area contributed by atoms with Gasteiger partial charge in [-0.05, 0) is 19.3 Å². The van der Waals surface area contributed by atoms with Crippen molar-refractivity contribution in [3.8, 4) is 0 Å². The first kappa shape index (κ1) is 14.0. The highest BCUT2D eigenvalue weighted by molar-refractivity contribution is 7.75. The summed E-state index contributed by atoms with van der Waals surface area (Å²) >= 11 is 3.17. The smallest absolute Gasteiger partial charge is 0.341 e. The third-order valence-electron chi connectivity index (χ3n) is 1.64. The minimum absolute atomic E-state index is 0.465. The number of cyclic esters (lactones) is 1. The Hall–Kier alpha value is -1.01. The van der Waals surface area contributed by atoms with Gasteiger partial charge >= 0.3 is 11.9 Å². The topological polar surface area (TPSA) is 72.8 Å². The average molecular weight is 234 g/mol. The van der Waals surface area contributed by atoms with Gasteiger partial charge in [-0.2, -0.15) is 0 Å². The van der Waals surface area contributed by atoms with E-state index < -0.39 is 18.0 Å². The second-order valence-corrected chi connectivity index (χ2v) is 2.98. The predicted molar refractivity (Wildman–Crippen MR) is 56.1 cm³/mol. The quantitative estimate of drug-likeness (QED) is 0.301. The molecule has 1 N–H and O–H groups in total. The molecule has 0 aromatic rings. The Kier molecular flexibility index (Phi) is 7.75. The summed E-state index contributed by atoms with van der Waals surface area (Å²) in [4.78, 5) is 20.3. The van der Waals surface area contributed by atoms with Crippen LogP contribution in [-0.4, -0.2) is 29.8 Å². The van der Waals surface area contributed by atoms with E-state index in [4.69, 9.17) is 5.11 Å². The number of ether oxygens (including phenoxy) is 1. The maximum Gasteiger partial charge on any atom is 0.341 e. The maximum absolute atomic E-state index is 10.5. The molecular formula is C9H14O5S. The van der Waals surface area contributed by atoms with E-state index in [1.807, 2.05) is 0 Å². The summed E-state index contributed by atoms with van der Waals surface area (Å²) in [5.74, 6) is -0.995. The molecule has 1 atom stereocenters. The van der Waals surface area contributed by atoms with E-state index in [2.05, 4.69) is 28.4 Å². The Labute approximate surface area is 93.7 Å². The fourth-order valence-corrected chi connectivity index (χ4v) is 0.938. The van der Waals surface area contributed by atoms with Crippen LogP contribution < -0.4 is 0 Å². The lowest BCUT2D eigenvalue weighted by Gasteiger charge is -2.01. The molecule has 0 bridgehead atoms. The van der Waals surface area contributed by atoms with Gasteiger partial charge < -0.3 is 14.0 Å². The Bertz CT molecular complexity index is 229. The van der Waals surface area contributed by atoms with Gasteiger partial charge in [0.25, 0.3) is 0 Å². The number of rotatable bonds is 1. The van der Waals surface area contributed by atoms with E-state index in [0.29, 0.717) is 13.0 Å². The Balaban J connectivity index is 0.000000288. The Morgan fingerprint density at radius 3 is 2.80 bits per heavy atom. The molecular weight excluding hydrogens is 220 g/mol. The summed E-state index contributed by atoms with van der Waals surface area (Å²) in [6.07, 6.45) is 2.48. The van der Waals surface area contributed by atoms with Crippen LogP contribution in [0.25, 0.3) is 0 Å². The van der Waals surface area contributed by atoms with Gasteiger partial charge in [-0.1, -0.05) is 6.58 Å². The summed E-state index contributed by atoms with van der Waals surface area (Å²) in [7, 11) is 0. The number of aliphatic hydroxyl groups is 1. The second-order valence-electron chi connectivity index (χ2n) is 2.79. The van der Waals surface area contributed by atoms with Crippen molar-refractivity contribution >= 4 is 24.8 Å². The molecule has 0 saturated carbocycles. The molecule has 15 heavy (non-hydrogen) atoms. The molecule has 86 valence electrons. The lowest BCUT2D eigenvalue weighted by atomic mass is 10.2. The molecule has 1 aliphatic rings. The molecule has 0 spiro atoms. The molecule has 1 heterocycles. The molecule has 0 aromatic heterocycles. The minimum atomic E-state index is -0.868. The van der Waals surface area contributed by atoms with E-state index >= 15 is 0 Å². The number of aliphatic hydroxyl groups excluding tert-OH is 1. The molecule has 1 aliphatic heterocycles. The number of esters is 1. The number of hydrogen-bond acceptors (Lipinski definition) is 6. The van der Waals surface area contributed by atoms with Gasteiger partial charge in [-0.15, -0.1) is 0 Å². The van der Waals surface area contributed by atoms with Crippen LogP contribution in [0.3, 0.4) is 0 Å². The SMILES string of the molecule is C=CC(=O)OS.O=C1OCCCCC1O. The molecule has 5 nitrogen and oxygen atoms in total. The Morgan fingerprint density at radius 1 is 1.67 bits per heavy atom. The van der Waals surface area contributed by atoms with Crippen molar-refractivity contribution in [2.45, 2.75) is 25.4 Å². The predicted octanol–water partition coefficient (Wildman–Crippen LogP) is 0.635. The second kappa shape index (κ2) is 8.31. The van der Waals surface area contributed by atoms with E-state index in [0.717, 1.165) is 18.9 Å². The van der Waals surface area contributed by atoms with E-state index in [1.165, 1.54) is 0 Å². The van der Waals surface area contributed by atoms with E-state index in [-0.39, 0.29) is 0 Å². The van der Waals surface area contributed by atoms with Gasteiger partial charge in [0.05, 0.1) is 6.61 Å². The highest BCUT2D eigenvalue weighted by atomic mass is 32.1. The average Bonchev–Trinajstić information content (AvgIpc) is 2.44.